The van der Waals surface area contributed by atoms with Crippen molar-refractivity contribution in [2.45, 2.75) is 19.8 Å². The summed E-state index contributed by atoms with van der Waals surface area (Å²) in [5, 5.41) is 0. The molecule has 1 aromatic rings. The Balaban J connectivity index is 2.48. The molecule has 0 unspecified atom stereocenters. The predicted octanol–water partition coefficient (Wildman–Crippen LogP) is 1.36. The van der Waals surface area contributed by atoms with Crippen molar-refractivity contribution in [3.05, 3.63) is 35.9 Å². The summed E-state index contributed by atoms with van der Waals surface area (Å²) >= 11 is 0. The van der Waals surface area contributed by atoms with Gasteiger partial charge in [0.1, 0.15) is 0 Å². The smallest absolute Gasteiger partial charge is 0.236 e. The monoisotopic (exact) mass is 277 g/mol. The van der Waals surface area contributed by atoms with Crippen molar-refractivity contribution in [3.8, 4) is 0 Å². The fraction of sp³-hybridized carbons (Fsp3) is 0.562. The molecule has 2 N–H and O–H groups in total. The quantitative estimate of drug-likeness (QED) is 0.741. The topological polar surface area (TPSA) is 49.6 Å². The molecule has 0 saturated carbocycles. The van der Waals surface area contributed by atoms with Gasteiger partial charge in [-0.15, -0.1) is 0 Å². The third-order valence-electron chi connectivity index (χ3n) is 3.28. The molecule has 0 heterocycles. The molecular formula is C16H27N3O. The van der Waals surface area contributed by atoms with Crippen LogP contribution >= 0.6 is 0 Å². The van der Waals surface area contributed by atoms with Crippen LogP contribution in [0.3, 0.4) is 0 Å². The van der Waals surface area contributed by atoms with E-state index in [1.54, 1.807) is 0 Å². The molecule has 1 rings (SSSR count). The van der Waals surface area contributed by atoms with E-state index < -0.39 is 0 Å². The van der Waals surface area contributed by atoms with E-state index in [9.17, 15) is 4.79 Å². The maximum absolute atomic E-state index is 12.3. The van der Waals surface area contributed by atoms with Crippen LogP contribution in [0.4, 0.5) is 0 Å². The molecule has 0 saturated heterocycles. The van der Waals surface area contributed by atoms with Gasteiger partial charge in [-0.3, -0.25) is 9.69 Å². The van der Waals surface area contributed by atoms with Crippen LogP contribution in [0, 0.1) is 0 Å². The average molecular weight is 277 g/mol. The zero-order chi connectivity index (χ0) is 14.8. The Bertz CT molecular complexity index is 381. The van der Waals surface area contributed by atoms with Gasteiger partial charge >= 0.3 is 0 Å². The van der Waals surface area contributed by atoms with Crippen LogP contribution < -0.4 is 5.73 Å². The highest BCUT2D eigenvalue weighted by Gasteiger charge is 2.14. The van der Waals surface area contributed by atoms with Crippen molar-refractivity contribution in [1.29, 1.82) is 0 Å². The van der Waals surface area contributed by atoms with Crippen molar-refractivity contribution in [1.82, 2.24) is 9.80 Å². The number of carbonyl (C=O) groups is 1. The molecule has 112 valence electrons. The molecule has 0 aliphatic rings. The Labute approximate surface area is 122 Å². The van der Waals surface area contributed by atoms with Crippen LogP contribution in [0.15, 0.2) is 30.3 Å². The van der Waals surface area contributed by atoms with Gasteiger partial charge in [-0.2, -0.15) is 0 Å². The summed E-state index contributed by atoms with van der Waals surface area (Å²) in [5.41, 5.74) is 6.87. The highest BCUT2D eigenvalue weighted by Crippen LogP contribution is 2.02. The van der Waals surface area contributed by atoms with Crippen LogP contribution in [0.25, 0.3) is 0 Å². The number of nitrogens with two attached hydrogens (primary N) is 1. The first-order chi connectivity index (χ1) is 9.67. The fourth-order valence-electron chi connectivity index (χ4n) is 2.22. The van der Waals surface area contributed by atoms with Crippen LogP contribution in [0.2, 0.25) is 0 Å². The third-order valence-corrected chi connectivity index (χ3v) is 3.28. The van der Waals surface area contributed by atoms with Gasteiger partial charge in [0.15, 0.2) is 0 Å². The SMILES string of the molecule is CCCN(C)CC(=O)N(CCN)CCc1ccccc1. The van der Waals surface area contributed by atoms with E-state index in [0.717, 1.165) is 25.9 Å². The molecule has 0 aromatic heterocycles. The van der Waals surface area contributed by atoms with Crippen molar-refractivity contribution in [3.63, 3.8) is 0 Å². The first-order valence-corrected chi connectivity index (χ1v) is 7.37. The van der Waals surface area contributed by atoms with Gasteiger partial charge < -0.3 is 10.6 Å². The molecule has 1 aromatic carbocycles. The zero-order valence-electron chi connectivity index (χ0n) is 12.7. The minimum Gasteiger partial charge on any atom is -0.340 e. The summed E-state index contributed by atoms with van der Waals surface area (Å²) in [6.45, 7) is 5.42. The lowest BCUT2D eigenvalue weighted by atomic mass is 10.1. The first kappa shape index (κ1) is 16.7. The number of hydrogen-bond acceptors (Lipinski definition) is 3. The molecule has 20 heavy (non-hydrogen) atoms. The maximum atomic E-state index is 12.3. The van der Waals surface area contributed by atoms with E-state index in [1.165, 1.54) is 5.56 Å². The molecule has 0 atom stereocenters. The van der Waals surface area contributed by atoms with E-state index in [4.69, 9.17) is 5.73 Å². The van der Waals surface area contributed by atoms with Gasteiger partial charge in [0.2, 0.25) is 5.91 Å². The number of rotatable bonds is 9. The van der Waals surface area contributed by atoms with E-state index in [2.05, 4.69) is 24.0 Å². The summed E-state index contributed by atoms with van der Waals surface area (Å²) in [4.78, 5) is 16.2. The van der Waals surface area contributed by atoms with Crippen LogP contribution in [-0.4, -0.2) is 55.5 Å². The standard InChI is InChI=1S/C16H27N3O/c1-3-11-18(2)14-16(20)19(13-10-17)12-9-15-7-5-4-6-8-15/h4-8H,3,9-14,17H2,1-2H3. The third kappa shape index (κ3) is 6.17. The molecule has 0 fully saturated rings. The lowest BCUT2D eigenvalue weighted by Gasteiger charge is -2.25. The first-order valence-electron chi connectivity index (χ1n) is 7.37. The predicted molar refractivity (Wildman–Crippen MR) is 83.6 cm³/mol. The van der Waals surface area contributed by atoms with Crippen molar-refractivity contribution in [2.75, 3.05) is 39.8 Å². The second kappa shape index (κ2) is 9.50. The molecular weight excluding hydrogens is 250 g/mol. The largest absolute Gasteiger partial charge is 0.340 e. The van der Waals surface area contributed by atoms with Crippen molar-refractivity contribution in [2.24, 2.45) is 5.73 Å². The Kier molecular flexibility index (Phi) is 7.92. The second-order valence-electron chi connectivity index (χ2n) is 5.14. The molecule has 0 aliphatic heterocycles. The van der Waals surface area contributed by atoms with Gasteiger partial charge in [0, 0.05) is 19.6 Å². The van der Waals surface area contributed by atoms with Crippen molar-refractivity contribution < 1.29 is 4.79 Å². The number of benzene rings is 1. The van der Waals surface area contributed by atoms with Gasteiger partial charge in [-0.1, -0.05) is 37.3 Å². The summed E-state index contributed by atoms with van der Waals surface area (Å²) in [7, 11) is 1.99. The summed E-state index contributed by atoms with van der Waals surface area (Å²) in [5.74, 6) is 0.169. The van der Waals surface area contributed by atoms with Crippen LogP contribution in [-0.2, 0) is 11.2 Å². The van der Waals surface area contributed by atoms with Gasteiger partial charge in [-0.05, 0) is 32.0 Å². The highest BCUT2D eigenvalue weighted by atomic mass is 16.2. The molecule has 0 aliphatic carbocycles. The Morgan fingerprint density at radius 1 is 1.15 bits per heavy atom. The summed E-state index contributed by atoms with van der Waals surface area (Å²) in [6, 6.07) is 10.2. The lowest BCUT2D eigenvalue weighted by Crippen LogP contribution is -2.42. The van der Waals surface area contributed by atoms with E-state index >= 15 is 0 Å². The molecule has 1 amide bonds. The highest BCUT2D eigenvalue weighted by molar-refractivity contribution is 5.78. The Morgan fingerprint density at radius 3 is 2.45 bits per heavy atom. The van der Waals surface area contributed by atoms with E-state index in [-0.39, 0.29) is 5.91 Å². The molecule has 0 radical (unpaired) electrons. The number of carbonyl (C=O) groups excluding carboxylic acids is 1. The minimum absolute atomic E-state index is 0.169. The maximum Gasteiger partial charge on any atom is 0.236 e. The van der Waals surface area contributed by atoms with Gasteiger partial charge in [-0.25, -0.2) is 0 Å². The number of likely N-dealkylation sites (N-methyl/N-ethyl adjacent to an activating group) is 1. The molecule has 4 nitrogen and oxygen atoms in total. The van der Waals surface area contributed by atoms with Crippen LogP contribution in [0.1, 0.15) is 18.9 Å². The number of hydrogen-bond donors (Lipinski definition) is 1. The molecule has 0 bridgehead atoms. The Morgan fingerprint density at radius 2 is 1.85 bits per heavy atom. The average Bonchev–Trinajstić information content (AvgIpc) is 2.44. The molecule has 4 heteroatoms. The summed E-state index contributed by atoms with van der Waals surface area (Å²) < 4.78 is 0. The van der Waals surface area contributed by atoms with E-state index in [1.807, 2.05) is 30.1 Å². The van der Waals surface area contributed by atoms with Crippen molar-refractivity contribution >= 4 is 5.91 Å². The van der Waals surface area contributed by atoms with E-state index in [0.29, 0.717) is 19.6 Å². The second-order valence-corrected chi connectivity index (χ2v) is 5.14. The molecule has 0 spiro atoms. The van der Waals surface area contributed by atoms with Gasteiger partial charge in [0.25, 0.3) is 0 Å². The Hall–Kier alpha value is -1.39. The number of nitrogens with zero attached hydrogens (tertiary/aromatic N) is 2. The lowest BCUT2D eigenvalue weighted by molar-refractivity contribution is -0.132. The number of amides is 1. The zero-order valence-corrected chi connectivity index (χ0v) is 12.7. The van der Waals surface area contributed by atoms with Crippen LogP contribution in [0.5, 0.6) is 0 Å². The summed E-state index contributed by atoms with van der Waals surface area (Å²) in [6.07, 6.45) is 1.94. The minimum atomic E-state index is 0.169. The normalized spacial score (nSPS) is 10.8. The fourth-order valence-corrected chi connectivity index (χ4v) is 2.22. The van der Waals surface area contributed by atoms with Gasteiger partial charge in [0.05, 0.1) is 6.54 Å².